The number of rotatable bonds is 2. The van der Waals surface area contributed by atoms with Gasteiger partial charge in [-0.1, -0.05) is 18.0 Å². The first kappa shape index (κ1) is 15.5. The molecule has 0 spiro atoms. The van der Waals surface area contributed by atoms with Crippen LogP contribution in [-0.2, 0) is 10.0 Å². The molecule has 1 aromatic carbocycles. The topological polar surface area (TPSA) is 63.4 Å². The highest BCUT2D eigenvalue weighted by Gasteiger charge is 2.37. The highest BCUT2D eigenvalue weighted by Crippen LogP contribution is 2.34. The van der Waals surface area contributed by atoms with Gasteiger partial charge in [-0.3, -0.25) is 0 Å². The fraction of sp³-hybridized carbons (Fsp3) is 0.538. The molecule has 7 heteroatoms. The van der Waals surface area contributed by atoms with Gasteiger partial charge in [-0.25, -0.2) is 12.8 Å². The van der Waals surface area contributed by atoms with Crippen LogP contribution < -0.4 is 5.73 Å². The standard InChI is InChI=1S/C13H18ClFN2O2S/c1-8-4-3-5-9(2)17(8)20(18,19)13-7-12(16)11(15)6-10(13)14/h6-9H,3-5,16H2,1-2H3/t8-,9+. The Kier molecular flexibility index (Phi) is 4.27. The van der Waals surface area contributed by atoms with Crippen molar-refractivity contribution in [2.24, 2.45) is 0 Å². The Morgan fingerprint density at radius 1 is 1.30 bits per heavy atom. The maximum Gasteiger partial charge on any atom is 0.245 e. The fourth-order valence-corrected chi connectivity index (χ4v) is 5.14. The lowest BCUT2D eigenvalue weighted by molar-refractivity contribution is 0.204. The molecular formula is C13H18ClFN2O2S. The molecule has 1 fully saturated rings. The molecule has 1 aliphatic heterocycles. The van der Waals surface area contributed by atoms with Gasteiger partial charge in [-0.2, -0.15) is 4.31 Å². The van der Waals surface area contributed by atoms with Crippen LogP contribution in [0.3, 0.4) is 0 Å². The second-order valence-electron chi connectivity index (χ2n) is 5.27. The Labute approximate surface area is 123 Å². The summed E-state index contributed by atoms with van der Waals surface area (Å²) in [5, 5.41) is -0.137. The number of hydrogen-bond acceptors (Lipinski definition) is 3. The van der Waals surface area contributed by atoms with Crippen LogP contribution in [0.5, 0.6) is 0 Å². The third kappa shape index (κ3) is 2.64. The van der Waals surface area contributed by atoms with E-state index < -0.39 is 15.8 Å². The van der Waals surface area contributed by atoms with Gasteiger partial charge in [0.15, 0.2) is 0 Å². The number of benzene rings is 1. The zero-order chi connectivity index (χ0) is 15.1. The van der Waals surface area contributed by atoms with E-state index in [0.29, 0.717) is 0 Å². The molecule has 112 valence electrons. The van der Waals surface area contributed by atoms with Crippen molar-refractivity contribution in [1.82, 2.24) is 4.31 Å². The van der Waals surface area contributed by atoms with Crippen molar-refractivity contribution in [1.29, 1.82) is 0 Å². The maximum absolute atomic E-state index is 13.3. The summed E-state index contributed by atoms with van der Waals surface area (Å²) >= 11 is 5.90. The van der Waals surface area contributed by atoms with Crippen molar-refractivity contribution in [2.75, 3.05) is 5.73 Å². The number of anilines is 1. The SMILES string of the molecule is C[C@@H]1CCC[C@H](C)N1S(=O)(=O)c1cc(N)c(F)cc1Cl. The van der Waals surface area contributed by atoms with Crippen LogP contribution in [0.15, 0.2) is 17.0 Å². The van der Waals surface area contributed by atoms with Crippen LogP contribution in [-0.4, -0.2) is 24.8 Å². The molecule has 0 amide bonds. The van der Waals surface area contributed by atoms with E-state index in [4.69, 9.17) is 17.3 Å². The Bertz CT molecular complexity index is 611. The molecule has 1 heterocycles. The van der Waals surface area contributed by atoms with E-state index in [2.05, 4.69) is 0 Å². The smallest absolute Gasteiger partial charge is 0.245 e. The first-order chi connectivity index (χ1) is 9.25. The normalized spacial score (nSPS) is 24.8. The van der Waals surface area contributed by atoms with Gasteiger partial charge in [0.25, 0.3) is 0 Å². The lowest BCUT2D eigenvalue weighted by atomic mass is 10.0. The molecule has 4 nitrogen and oxygen atoms in total. The minimum absolute atomic E-state index is 0.105. The van der Waals surface area contributed by atoms with Crippen LogP contribution in [0.1, 0.15) is 33.1 Å². The summed E-state index contributed by atoms with van der Waals surface area (Å²) in [6.45, 7) is 3.74. The molecule has 0 radical (unpaired) electrons. The first-order valence-corrected chi connectivity index (χ1v) is 8.35. The number of hydrogen-bond donors (Lipinski definition) is 1. The van der Waals surface area contributed by atoms with Gasteiger partial charge in [0, 0.05) is 12.1 Å². The predicted octanol–water partition coefficient (Wildman–Crippen LogP) is 3.01. The van der Waals surface area contributed by atoms with E-state index in [1.807, 2.05) is 13.8 Å². The van der Waals surface area contributed by atoms with Gasteiger partial charge < -0.3 is 5.73 Å². The minimum atomic E-state index is -3.78. The van der Waals surface area contributed by atoms with Crippen molar-refractivity contribution in [3.05, 3.63) is 23.0 Å². The summed E-state index contributed by atoms with van der Waals surface area (Å²) < 4.78 is 40.3. The fourth-order valence-electron chi connectivity index (χ4n) is 2.73. The molecule has 1 aliphatic rings. The quantitative estimate of drug-likeness (QED) is 0.852. The molecule has 0 saturated carbocycles. The van der Waals surface area contributed by atoms with Crippen molar-refractivity contribution in [2.45, 2.75) is 50.1 Å². The van der Waals surface area contributed by atoms with E-state index in [0.717, 1.165) is 31.4 Å². The van der Waals surface area contributed by atoms with Gasteiger partial charge in [0.05, 0.1) is 10.7 Å². The summed E-state index contributed by atoms with van der Waals surface area (Å²) in [5.41, 5.74) is 5.25. The van der Waals surface area contributed by atoms with E-state index >= 15 is 0 Å². The van der Waals surface area contributed by atoms with E-state index in [-0.39, 0.29) is 27.7 Å². The van der Waals surface area contributed by atoms with Gasteiger partial charge in [-0.05, 0) is 38.8 Å². The zero-order valence-electron chi connectivity index (χ0n) is 11.4. The molecular weight excluding hydrogens is 303 g/mol. The maximum atomic E-state index is 13.3. The largest absolute Gasteiger partial charge is 0.396 e. The second kappa shape index (κ2) is 5.50. The second-order valence-corrected chi connectivity index (χ2v) is 7.49. The monoisotopic (exact) mass is 320 g/mol. The molecule has 0 aliphatic carbocycles. The average molecular weight is 321 g/mol. The summed E-state index contributed by atoms with van der Waals surface area (Å²) in [7, 11) is -3.78. The van der Waals surface area contributed by atoms with Crippen LogP contribution >= 0.6 is 11.6 Å². The molecule has 0 bridgehead atoms. The van der Waals surface area contributed by atoms with E-state index in [9.17, 15) is 12.8 Å². The van der Waals surface area contributed by atoms with Crippen molar-refractivity contribution in [3.8, 4) is 0 Å². The molecule has 0 aromatic heterocycles. The lowest BCUT2D eigenvalue weighted by Gasteiger charge is -2.37. The third-order valence-electron chi connectivity index (χ3n) is 3.72. The van der Waals surface area contributed by atoms with Gasteiger partial charge >= 0.3 is 0 Å². The summed E-state index contributed by atoms with van der Waals surface area (Å²) in [6.07, 6.45) is 2.60. The average Bonchev–Trinajstić information content (AvgIpc) is 2.33. The molecule has 0 unspecified atom stereocenters. The van der Waals surface area contributed by atoms with Crippen LogP contribution in [0.2, 0.25) is 5.02 Å². The predicted molar refractivity (Wildman–Crippen MR) is 77.6 cm³/mol. The Morgan fingerprint density at radius 2 is 1.85 bits per heavy atom. The van der Waals surface area contributed by atoms with Crippen LogP contribution in [0.25, 0.3) is 0 Å². The van der Waals surface area contributed by atoms with Gasteiger partial charge in [-0.15, -0.1) is 0 Å². The highest BCUT2D eigenvalue weighted by atomic mass is 35.5. The van der Waals surface area contributed by atoms with Gasteiger partial charge in [0.1, 0.15) is 10.7 Å². The van der Waals surface area contributed by atoms with Crippen molar-refractivity contribution < 1.29 is 12.8 Å². The molecule has 1 saturated heterocycles. The van der Waals surface area contributed by atoms with Crippen LogP contribution in [0.4, 0.5) is 10.1 Å². The number of nitrogens with zero attached hydrogens (tertiary/aromatic N) is 1. The van der Waals surface area contributed by atoms with Crippen molar-refractivity contribution >= 4 is 27.3 Å². The summed E-state index contributed by atoms with van der Waals surface area (Å²) in [6, 6.07) is 1.83. The Balaban J connectivity index is 2.52. The Hall–Kier alpha value is -0.850. The zero-order valence-corrected chi connectivity index (χ0v) is 13.0. The molecule has 2 rings (SSSR count). The third-order valence-corrected chi connectivity index (χ3v) is 6.31. The number of piperidine rings is 1. The molecule has 2 N–H and O–H groups in total. The van der Waals surface area contributed by atoms with Gasteiger partial charge in [0.2, 0.25) is 10.0 Å². The summed E-state index contributed by atoms with van der Waals surface area (Å²) in [4.78, 5) is -0.126. The van der Waals surface area contributed by atoms with E-state index in [1.54, 1.807) is 0 Å². The molecule has 2 atom stereocenters. The number of sulfonamides is 1. The number of nitrogens with two attached hydrogens (primary N) is 1. The number of halogens is 2. The van der Waals surface area contributed by atoms with Crippen LogP contribution in [0, 0.1) is 5.82 Å². The van der Waals surface area contributed by atoms with Crippen molar-refractivity contribution in [3.63, 3.8) is 0 Å². The Morgan fingerprint density at radius 3 is 2.40 bits per heavy atom. The lowest BCUT2D eigenvalue weighted by Crippen LogP contribution is -2.47. The first-order valence-electron chi connectivity index (χ1n) is 6.53. The van der Waals surface area contributed by atoms with E-state index in [1.165, 1.54) is 4.31 Å². The molecule has 20 heavy (non-hydrogen) atoms. The number of nitrogen functional groups attached to an aromatic ring is 1. The molecule has 1 aromatic rings. The summed E-state index contributed by atoms with van der Waals surface area (Å²) in [5.74, 6) is -0.714. The highest BCUT2D eigenvalue weighted by molar-refractivity contribution is 7.89. The minimum Gasteiger partial charge on any atom is -0.396 e.